The van der Waals surface area contributed by atoms with Crippen LogP contribution in [0.1, 0.15) is 5.56 Å². The van der Waals surface area contributed by atoms with Crippen LogP contribution in [-0.2, 0) is 13.5 Å². The molecule has 0 radical (unpaired) electrons. The lowest BCUT2D eigenvalue weighted by molar-refractivity contribution is 0.957. The zero-order chi connectivity index (χ0) is 13.2. The molecular formula is C15H15N3S. The molecule has 0 unspecified atom stereocenters. The van der Waals surface area contributed by atoms with E-state index in [1.165, 1.54) is 5.56 Å². The molecule has 0 aliphatic carbocycles. The molecule has 0 spiro atoms. The fraction of sp³-hybridized carbons (Fsp3) is 0.200. The Morgan fingerprint density at radius 1 is 1.26 bits per heavy atom. The zero-order valence-corrected chi connectivity index (χ0v) is 11.6. The van der Waals surface area contributed by atoms with E-state index < -0.39 is 0 Å². The SMILES string of the molecule is Cn1c(-c2cccnc2)nc2cc(CCS)ccc21. The van der Waals surface area contributed by atoms with Crippen LogP contribution in [0.3, 0.4) is 0 Å². The second-order valence-electron chi connectivity index (χ2n) is 4.53. The summed E-state index contributed by atoms with van der Waals surface area (Å²) in [4.78, 5) is 8.88. The van der Waals surface area contributed by atoms with Crippen molar-refractivity contribution in [2.75, 3.05) is 5.75 Å². The highest BCUT2D eigenvalue weighted by atomic mass is 32.1. The number of hydrogen-bond donors (Lipinski definition) is 1. The van der Waals surface area contributed by atoms with Crippen LogP contribution >= 0.6 is 12.6 Å². The largest absolute Gasteiger partial charge is 0.327 e. The van der Waals surface area contributed by atoms with E-state index in [1.807, 2.05) is 25.4 Å². The predicted octanol–water partition coefficient (Wildman–Crippen LogP) is 3.11. The number of aryl methyl sites for hydroxylation is 2. The Morgan fingerprint density at radius 2 is 2.16 bits per heavy atom. The molecule has 0 aliphatic heterocycles. The van der Waals surface area contributed by atoms with Crippen molar-refractivity contribution in [1.82, 2.24) is 14.5 Å². The van der Waals surface area contributed by atoms with Gasteiger partial charge >= 0.3 is 0 Å². The lowest BCUT2D eigenvalue weighted by Crippen LogP contribution is -1.92. The highest BCUT2D eigenvalue weighted by Gasteiger charge is 2.10. The molecule has 2 heterocycles. The van der Waals surface area contributed by atoms with E-state index in [0.717, 1.165) is 34.6 Å². The van der Waals surface area contributed by atoms with Gasteiger partial charge in [0.25, 0.3) is 0 Å². The van der Waals surface area contributed by atoms with Gasteiger partial charge in [-0.15, -0.1) is 0 Å². The molecule has 0 N–H and O–H groups in total. The monoisotopic (exact) mass is 269 g/mol. The van der Waals surface area contributed by atoms with Crippen LogP contribution in [0.15, 0.2) is 42.7 Å². The number of benzene rings is 1. The van der Waals surface area contributed by atoms with Gasteiger partial charge in [-0.1, -0.05) is 6.07 Å². The summed E-state index contributed by atoms with van der Waals surface area (Å²) in [6.07, 6.45) is 4.59. The Hall–Kier alpha value is -1.81. The number of fused-ring (bicyclic) bond motifs is 1. The maximum Gasteiger partial charge on any atom is 0.142 e. The third-order valence-electron chi connectivity index (χ3n) is 3.27. The van der Waals surface area contributed by atoms with Crippen LogP contribution in [0.4, 0.5) is 0 Å². The van der Waals surface area contributed by atoms with Gasteiger partial charge in [-0.25, -0.2) is 4.98 Å². The number of pyridine rings is 1. The predicted molar refractivity (Wildman–Crippen MR) is 81.5 cm³/mol. The number of rotatable bonds is 3. The highest BCUT2D eigenvalue weighted by molar-refractivity contribution is 7.80. The van der Waals surface area contributed by atoms with Crippen LogP contribution in [0.5, 0.6) is 0 Å². The van der Waals surface area contributed by atoms with Gasteiger partial charge in [0.1, 0.15) is 5.82 Å². The number of nitrogens with zero attached hydrogens (tertiary/aromatic N) is 3. The van der Waals surface area contributed by atoms with Gasteiger partial charge in [0.05, 0.1) is 11.0 Å². The first-order valence-corrected chi connectivity index (χ1v) is 6.89. The normalized spacial score (nSPS) is 11.1. The first-order valence-electron chi connectivity index (χ1n) is 6.26. The van der Waals surface area contributed by atoms with Gasteiger partial charge in [0, 0.05) is 25.0 Å². The quantitative estimate of drug-likeness (QED) is 0.741. The molecule has 3 nitrogen and oxygen atoms in total. The minimum atomic E-state index is 0.855. The van der Waals surface area contributed by atoms with Crippen molar-refractivity contribution in [3.05, 3.63) is 48.3 Å². The average Bonchev–Trinajstić information content (AvgIpc) is 2.77. The standard InChI is InChI=1S/C15H15N3S/c1-18-14-5-4-11(6-8-19)9-13(14)17-15(18)12-3-2-7-16-10-12/h2-5,7,9-10,19H,6,8H2,1H3. The third-order valence-corrected chi connectivity index (χ3v) is 3.49. The molecule has 0 saturated carbocycles. The van der Waals surface area contributed by atoms with E-state index >= 15 is 0 Å². The van der Waals surface area contributed by atoms with Crippen LogP contribution in [0.2, 0.25) is 0 Å². The van der Waals surface area contributed by atoms with Gasteiger partial charge in [-0.05, 0) is 42.0 Å². The molecule has 2 aromatic heterocycles. The lowest BCUT2D eigenvalue weighted by Gasteiger charge is -2.01. The molecule has 0 amide bonds. The van der Waals surface area contributed by atoms with Crippen molar-refractivity contribution >= 4 is 23.7 Å². The summed E-state index contributed by atoms with van der Waals surface area (Å²) in [5, 5.41) is 0. The molecule has 0 atom stereocenters. The van der Waals surface area contributed by atoms with Crippen LogP contribution in [-0.4, -0.2) is 20.3 Å². The summed E-state index contributed by atoms with van der Waals surface area (Å²) in [6.45, 7) is 0. The Balaban J connectivity index is 2.14. The van der Waals surface area contributed by atoms with Crippen LogP contribution in [0.25, 0.3) is 22.4 Å². The first kappa shape index (κ1) is 12.2. The van der Waals surface area contributed by atoms with Gasteiger partial charge in [0.2, 0.25) is 0 Å². The molecule has 3 rings (SSSR count). The summed E-state index contributed by atoms with van der Waals surface area (Å²) < 4.78 is 2.11. The molecule has 3 aromatic rings. The van der Waals surface area contributed by atoms with E-state index in [4.69, 9.17) is 4.98 Å². The van der Waals surface area contributed by atoms with Crippen molar-refractivity contribution in [3.63, 3.8) is 0 Å². The fourth-order valence-corrected chi connectivity index (χ4v) is 2.54. The number of imidazole rings is 1. The Bertz CT molecular complexity index is 704. The molecule has 0 aliphatic rings. The maximum atomic E-state index is 4.72. The fourth-order valence-electron chi connectivity index (χ4n) is 2.28. The van der Waals surface area contributed by atoms with E-state index in [1.54, 1.807) is 6.20 Å². The molecule has 0 fully saturated rings. The van der Waals surface area contributed by atoms with Crippen LogP contribution in [0, 0.1) is 0 Å². The first-order chi connectivity index (χ1) is 9.29. The Labute approximate surface area is 117 Å². The lowest BCUT2D eigenvalue weighted by atomic mass is 10.1. The molecule has 1 aromatic carbocycles. The van der Waals surface area contributed by atoms with Gasteiger partial charge in [-0.3, -0.25) is 4.98 Å². The third kappa shape index (κ3) is 2.24. The van der Waals surface area contributed by atoms with Gasteiger partial charge < -0.3 is 4.57 Å². The topological polar surface area (TPSA) is 30.7 Å². The van der Waals surface area contributed by atoms with E-state index in [2.05, 4.69) is 40.4 Å². The van der Waals surface area contributed by atoms with Crippen LogP contribution < -0.4 is 0 Å². The molecule has 4 heteroatoms. The van der Waals surface area contributed by atoms with E-state index in [0.29, 0.717) is 0 Å². The minimum absolute atomic E-state index is 0.855. The highest BCUT2D eigenvalue weighted by Crippen LogP contribution is 2.23. The van der Waals surface area contributed by atoms with Gasteiger partial charge in [-0.2, -0.15) is 12.6 Å². The Morgan fingerprint density at radius 3 is 2.89 bits per heavy atom. The summed E-state index contributed by atoms with van der Waals surface area (Å²) >= 11 is 4.28. The smallest absolute Gasteiger partial charge is 0.142 e. The second kappa shape index (κ2) is 5.05. The van der Waals surface area contributed by atoms with Gasteiger partial charge in [0.15, 0.2) is 0 Å². The summed E-state index contributed by atoms with van der Waals surface area (Å²) in [5.74, 6) is 1.81. The zero-order valence-electron chi connectivity index (χ0n) is 10.7. The maximum absolute atomic E-state index is 4.72. The summed E-state index contributed by atoms with van der Waals surface area (Å²) in [5.41, 5.74) is 4.48. The molecular weight excluding hydrogens is 254 g/mol. The van der Waals surface area contributed by atoms with E-state index in [9.17, 15) is 0 Å². The summed E-state index contributed by atoms with van der Waals surface area (Å²) in [6, 6.07) is 10.4. The van der Waals surface area contributed by atoms with Crippen molar-refractivity contribution in [2.45, 2.75) is 6.42 Å². The minimum Gasteiger partial charge on any atom is -0.327 e. The van der Waals surface area contributed by atoms with Crippen molar-refractivity contribution < 1.29 is 0 Å². The van der Waals surface area contributed by atoms with Crippen molar-refractivity contribution in [1.29, 1.82) is 0 Å². The van der Waals surface area contributed by atoms with Crippen molar-refractivity contribution in [2.24, 2.45) is 7.05 Å². The van der Waals surface area contributed by atoms with E-state index in [-0.39, 0.29) is 0 Å². The number of aromatic nitrogens is 3. The summed E-state index contributed by atoms with van der Waals surface area (Å²) in [7, 11) is 2.04. The number of hydrogen-bond acceptors (Lipinski definition) is 3. The molecule has 96 valence electrons. The van der Waals surface area contributed by atoms with Crippen molar-refractivity contribution in [3.8, 4) is 11.4 Å². The second-order valence-corrected chi connectivity index (χ2v) is 4.98. The number of thiol groups is 1. The molecule has 0 saturated heterocycles. The average molecular weight is 269 g/mol. The Kier molecular flexibility index (Phi) is 3.25. The molecule has 19 heavy (non-hydrogen) atoms. The molecule has 0 bridgehead atoms.